The van der Waals surface area contributed by atoms with E-state index in [1.807, 2.05) is 0 Å². The van der Waals surface area contributed by atoms with Gasteiger partial charge in [-0.25, -0.2) is 10.2 Å². The predicted octanol–water partition coefficient (Wildman–Crippen LogP) is -0.471. The van der Waals surface area contributed by atoms with E-state index in [4.69, 9.17) is 24.6 Å². The van der Waals surface area contributed by atoms with Gasteiger partial charge in [-0.2, -0.15) is 0 Å². The average molecular weight is 124 g/mol. The summed E-state index contributed by atoms with van der Waals surface area (Å²) in [6, 6.07) is 0. The van der Waals surface area contributed by atoms with E-state index in [0.29, 0.717) is 0 Å². The fraction of sp³-hybridized carbons (Fsp3) is 0. The van der Waals surface area contributed by atoms with Crippen LogP contribution in [0, 0.1) is 5.41 Å². The van der Waals surface area contributed by atoms with E-state index >= 15 is 0 Å². The van der Waals surface area contributed by atoms with Crippen LogP contribution >= 0.6 is 8.25 Å². The van der Waals surface area contributed by atoms with E-state index < -0.39 is 8.25 Å². The lowest BCUT2D eigenvalue weighted by Crippen LogP contribution is -1.38. The van der Waals surface area contributed by atoms with E-state index in [1.165, 1.54) is 0 Å². The first-order chi connectivity index (χ1) is 3.15. The molecule has 0 aromatic heterocycles. The Morgan fingerprint density at radius 3 is 1.57 bits per heavy atom. The van der Waals surface area contributed by atoms with Crippen LogP contribution in [0.3, 0.4) is 0 Å². The maximum absolute atomic E-state index is 8.70. The minimum atomic E-state index is -2.87. The molecule has 0 heterocycles. The second kappa shape index (κ2) is 9.04. The van der Waals surface area contributed by atoms with E-state index in [0.717, 1.165) is 6.08 Å². The van der Waals surface area contributed by atoms with E-state index in [-0.39, 0.29) is 0 Å². The molecule has 0 aliphatic heterocycles. The molecule has 0 aliphatic carbocycles. The van der Waals surface area contributed by atoms with Crippen molar-refractivity contribution in [3.05, 3.63) is 0 Å². The Morgan fingerprint density at radius 2 is 1.57 bits per heavy atom. The maximum Gasteiger partial charge on any atom is 0.692 e. The van der Waals surface area contributed by atoms with Gasteiger partial charge in [0, 0.05) is 4.57 Å². The van der Waals surface area contributed by atoms with E-state index in [2.05, 4.69) is 0 Å². The molecule has 0 bridgehead atoms. The Morgan fingerprint density at radius 1 is 1.57 bits per heavy atom. The fourth-order valence-electron chi connectivity index (χ4n) is 0. The second-order valence-corrected chi connectivity index (χ2v) is 0.860. The minimum absolute atomic E-state index is 0.750. The van der Waals surface area contributed by atoms with Crippen molar-refractivity contribution in [1.29, 1.82) is 5.41 Å². The SMILES string of the molecule is N=C=O.O=[P+](O)O. The molecule has 6 heteroatoms. The fourth-order valence-corrected chi connectivity index (χ4v) is 0. The molecule has 5 nitrogen and oxygen atoms in total. The number of hydrogen-bond donors (Lipinski definition) is 3. The molecule has 0 aliphatic rings. The molecule has 0 radical (unpaired) electrons. The molecule has 7 heavy (non-hydrogen) atoms. The minimum Gasteiger partial charge on any atom is -0.222 e. The van der Waals surface area contributed by atoms with Gasteiger partial charge in [-0.05, 0) is 0 Å². The number of rotatable bonds is 0. The van der Waals surface area contributed by atoms with Crippen molar-refractivity contribution in [1.82, 2.24) is 0 Å². The van der Waals surface area contributed by atoms with Crippen LogP contribution in [-0.4, -0.2) is 15.9 Å². The van der Waals surface area contributed by atoms with Gasteiger partial charge >= 0.3 is 8.25 Å². The predicted molar refractivity (Wildman–Crippen MR) is 20.5 cm³/mol. The van der Waals surface area contributed by atoms with Gasteiger partial charge in [-0.3, -0.25) is 0 Å². The van der Waals surface area contributed by atoms with E-state index in [9.17, 15) is 0 Å². The zero-order valence-electron chi connectivity index (χ0n) is 3.16. The lowest BCUT2D eigenvalue weighted by Gasteiger charge is -1.34. The summed E-state index contributed by atoms with van der Waals surface area (Å²) in [5.74, 6) is 0. The second-order valence-electron chi connectivity index (χ2n) is 0.355. The van der Waals surface area contributed by atoms with Crippen molar-refractivity contribution in [3.8, 4) is 0 Å². The molecule has 0 saturated heterocycles. The average Bonchev–Trinajstić information content (AvgIpc) is 1.33. The molecule has 0 aromatic rings. The van der Waals surface area contributed by atoms with Crippen molar-refractivity contribution >= 4 is 14.3 Å². The monoisotopic (exact) mass is 124 g/mol. The van der Waals surface area contributed by atoms with Crippen LogP contribution in [-0.2, 0) is 9.36 Å². The molecule has 0 spiro atoms. The van der Waals surface area contributed by atoms with Gasteiger partial charge in [-0.15, -0.1) is 9.79 Å². The van der Waals surface area contributed by atoms with Crippen molar-refractivity contribution < 1.29 is 19.1 Å². The molecule has 0 fully saturated rings. The number of isocyanates is 1. The van der Waals surface area contributed by atoms with Gasteiger partial charge in [0.25, 0.3) is 0 Å². The summed E-state index contributed by atoms with van der Waals surface area (Å²) in [4.78, 5) is 22.6. The summed E-state index contributed by atoms with van der Waals surface area (Å²) in [6.07, 6.45) is 0.750. The van der Waals surface area contributed by atoms with Gasteiger partial charge in [0.15, 0.2) is 0 Å². The molecule has 0 saturated carbocycles. The number of hydrogen-bond acceptors (Lipinski definition) is 3. The van der Waals surface area contributed by atoms with Crippen molar-refractivity contribution in [2.45, 2.75) is 0 Å². The summed E-state index contributed by atoms with van der Waals surface area (Å²) in [5.41, 5.74) is 0. The summed E-state index contributed by atoms with van der Waals surface area (Å²) in [6.45, 7) is 0. The largest absolute Gasteiger partial charge is 0.692 e. The smallest absolute Gasteiger partial charge is 0.222 e. The molecular formula is CH3NO4P+. The van der Waals surface area contributed by atoms with E-state index in [1.54, 1.807) is 0 Å². The van der Waals surface area contributed by atoms with Crippen LogP contribution in [0.25, 0.3) is 0 Å². The van der Waals surface area contributed by atoms with Crippen LogP contribution < -0.4 is 0 Å². The summed E-state index contributed by atoms with van der Waals surface area (Å²) < 4.78 is 8.70. The van der Waals surface area contributed by atoms with Crippen LogP contribution in [0.5, 0.6) is 0 Å². The first kappa shape index (κ1) is 9.64. The van der Waals surface area contributed by atoms with Crippen LogP contribution in [0.15, 0.2) is 0 Å². The Hall–Kier alpha value is -0.600. The normalized spacial score (nSPS) is 4.86. The van der Waals surface area contributed by atoms with Crippen LogP contribution in [0.2, 0.25) is 0 Å². The molecule has 40 valence electrons. The van der Waals surface area contributed by atoms with Gasteiger partial charge in [0.2, 0.25) is 6.08 Å². The first-order valence-electron chi connectivity index (χ1n) is 1.04. The van der Waals surface area contributed by atoms with Gasteiger partial charge in [-0.1, -0.05) is 0 Å². The highest BCUT2D eigenvalue weighted by Crippen LogP contribution is 1.98. The van der Waals surface area contributed by atoms with Crippen molar-refractivity contribution in [2.75, 3.05) is 0 Å². The first-order valence-corrected chi connectivity index (χ1v) is 2.20. The third-order valence-corrected chi connectivity index (χ3v) is 0. The lowest BCUT2D eigenvalue weighted by molar-refractivity contribution is 0.405. The third kappa shape index (κ3) is 173. The van der Waals surface area contributed by atoms with Crippen molar-refractivity contribution in [2.24, 2.45) is 0 Å². The lowest BCUT2D eigenvalue weighted by atomic mass is 11.7. The highest BCUT2D eigenvalue weighted by atomic mass is 31.1. The summed E-state index contributed by atoms with van der Waals surface area (Å²) >= 11 is 0. The van der Waals surface area contributed by atoms with Crippen LogP contribution in [0.1, 0.15) is 0 Å². The molecular weight excluding hydrogens is 121 g/mol. The molecule has 0 aromatic carbocycles. The zero-order valence-corrected chi connectivity index (χ0v) is 4.05. The van der Waals surface area contributed by atoms with Gasteiger partial charge in [0.1, 0.15) is 0 Å². The highest BCUT2D eigenvalue weighted by Gasteiger charge is 1.93. The van der Waals surface area contributed by atoms with Gasteiger partial charge in [0.05, 0.1) is 0 Å². The highest BCUT2D eigenvalue weighted by molar-refractivity contribution is 7.30. The number of carbonyl (C=O) groups excluding carboxylic acids is 1. The molecule has 3 N–H and O–H groups in total. The molecule has 0 unspecified atom stereocenters. The zero-order chi connectivity index (χ0) is 6.28. The van der Waals surface area contributed by atoms with Crippen molar-refractivity contribution in [3.63, 3.8) is 0 Å². The maximum atomic E-state index is 8.70. The molecule has 0 amide bonds. The Bertz CT molecular complexity index is 79.7. The standard InChI is InChI=1S/CHNO.HO3P/c2-1-3;1-4(2)3/h2H;(H-,1,2,3)/p+1. The van der Waals surface area contributed by atoms with Gasteiger partial charge < -0.3 is 0 Å². The summed E-state index contributed by atoms with van der Waals surface area (Å²) in [7, 11) is -2.87. The van der Waals surface area contributed by atoms with Crippen LogP contribution in [0.4, 0.5) is 0 Å². The number of nitrogens with one attached hydrogen (secondary N) is 1. The Kier molecular flexibility index (Phi) is 12.5. The quantitative estimate of drug-likeness (QED) is 0.231. The topological polar surface area (TPSA) is 98.5 Å². The summed E-state index contributed by atoms with van der Waals surface area (Å²) in [5, 5.41) is 5.40. The third-order valence-electron chi connectivity index (χ3n) is 0. The Labute approximate surface area is 40.1 Å². The molecule has 0 rings (SSSR count). The molecule has 0 atom stereocenters. The Balaban J connectivity index is 0.